The minimum absolute atomic E-state index is 0.0208. The third-order valence-corrected chi connectivity index (χ3v) is 5.00. The predicted molar refractivity (Wildman–Crippen MR) is 111 cm³/mol. The van der Waals surface area contributed by atoms with Crippen LogP contribution in [0.2, 0.25) is 0 Å². The Morgan fingerprint density at radius 3 is 2.57 bits per heavy atom. The molecule has 0 aliphatic carbocycles. The average Bonchev–Trinajstić information content (AvgIpc) is 2.69. The maximum Gasteiger partial charge on any atom is 0.254 e. The number of aliphatic hydroxyl groups is 1. The van der Waals surface area contributed by atoms with E-state index in [1.54, 1.807) is 18.5 Å². The molecule has 1 amide bonds. The fraction of sp³-hybridized carbons (Fsp3) is 0.500. The number of carbonyl (C=O) groups is 1. The topological polar surface area (TPSA) is 87.6 Å². The Morgan fingerprint density at radius 2 is 1.90 bits per heavy atom. The summed E-state index contributed by atoms with van der Waals surface area (Å²) < 4.78 is 19.6. The normalized spacial score (nSPS) is 16.8. The monoisotopic (exact) mass is 416 g/mol. The second-order valence-corrected chi connectivity index (χ2v) is 8.69. The van der Waals surface area contributed by atoms with Crippen LogP contribution < -0.4 is 10.1 Å². The van der Waals surface area contributed by atoms with Crippen LogP contribution in [-0.2, 0) is 6.54 Å². The summed E-state index contributed by atoms with van der Waals surface area (Å²) in [7, 11) is 0. The summed E-state index contributed by atoms with van der Waals surface area (Å²) in [6, 6.07) is 5.81. The van der Waals surface area contributed by atoms with Crippen molar-refractivity contribution in [3.8, 4) is 5.88 Å². The van der Waals surface area contributed by atoms with E-state index in [1.165, 1.54) is 18.2 Å². The number of carbonyl (C=O) groups excluding carboxylic acids is 1. The largest absolute Gasteiger partial charge is 0.471 e. The summed E-state index contributed by atoms with van der Waals surface area (Å²) in [5.74, 6) is -0.579. The number of ether oxygens (including phenoxy) is 1. The molecule has 0 spiro atoms. The molecule has 1 saturated heterocycles. The van der Waals surface area contributed by atoms with Gasteiger partial charge < -0.3 is 15.2 Å². The third kappa shape index (κ3) is 5.96. The Hall–Kier alpha value is -2.58. The Kier molecular flexibility index (Phi) is 6.67. The number of nitrogens with zero attached hydrogens (tertiary/aromatic N) is 3. The SMILES string of the molecule is CC(C)(C)Oc1nccnc1CN1CCC(O)(CNC(=O)c2ccccc2F)CC1. The van der Waals surface area contributed by atoms with E-state index in [4.69, 9.17) is 4.74 Å². The van der Waals surface area contributed by atoms with Crippen LogP contribution in [0.3, 0.4) is 0 Å². The first kappa shape index (κ1) is 22.1. The van der Waals surface area contributed by atoms with Crippen molar-refractivity contribution in [3.05, 3.63) is 53.7 Å². The van der Waals surface area contributed by atoms with Gasteiger partial charge in [0.25, 0.3) is 5.91 Å². The second-order valence-electron chi connectivity index (χ2n) is 8.69. The summed E-state index contributed by atoms with van der Waals surface area (Å²) in [4.78, 5) is 23.1. The highest BCUT2D eigenvalue weighted by Gasteiger charge is 2.33. The predicted octanol–water partition coefficient (Wildman–Crippen LogP) is 2.55. The number of piperidine rings is 1. The Labute approximate surface area is 176 Å². The maximum atomic E-state index is 13.7. The fourth-order valence-electron chi connectivity index (χ4n) is 3.34. The average molecular weight is 416 g/mol. The minimum Gasteiger partial charge on any atom is -0.471 e. The lowest BCUT2D eigenvalue weighted by atomic mass is 9.91. The molecule has 162 valence electrons. The quantitative estimate of drug-likeness (QED) is 0.753. The zero-order valence-electron chi connectivity index (χ0n) is 17.7. The zero-order chi connectivity index (χ0) is 21.8. The molecule has 0 unspecified atom stereocenters. The number of aromatic nitrogens is 2. The first-order valence-corrected chi connectivity index (χ1v) is 10.1. The van der Waals surface area contributed by atoms with Crippen LogP contribution in [0.25, 0.3) is 0 Å². The second kappa shape index (κ2) is 9.06. The van der Waals surface area contributed by atoms with Gasteiger partial charge in [-0.1, -0.05) is 12.1 Å². The van der Waals surface area contributed by atoms with Crippen LogP contribution in [0.5, 0.6) is 5.88 Å². The maximum absolute atomic E-state index is 13.7. The van der Waals surface area contributed by atoms with Crippen molar-refractivity contribution in [2.45, 2.75) is 51.4 Å². The molecule has 3 rings (SSSR count). The molecule has 2 aromatic rings. The van der Waals surface area contributed by atoms with Gasteiger partial charge >= 0.3 is 0 Å². The van der Waals surface area contributed by atoms with E-state index in [0.717, 1.165) is 5.69 Å². The van der Waals surface area contributed by atoms with Crippen LogP contribution in [0.15, 0.2) is 36.7 Å². The molecule has 1 aromatic carbocycles. The first-order chi connectivity index (χ1) is 14.2. The van der Waals surface area contributed by atoms with Crippen molar-refractivity contribution in [1.29, 1.82) is 0 Å². The van der Waals surface area contributed by atoms with E-state index >= 15 is 0 Å². The smallest absolute Gasteiger partial charge is 0.254 e. The molecule has 8 heteroatoms. The molecular formula is C22H29FN4O3. The molecule has 0 atom stereocenters. The van der Waals surface area contributed by atoms with Gasteiger partial charge in [0.15, 0.2) is 0 Å². The lowest BCUT2D eigenvalue weighted by molar-refractivity contribution is -0.0213. The molecule has 1 fully saturated rings. The van der Waals surface area contributed by atoms with Gasteiger partial charge in [0.2, 0.25) is 5.88 Å². The third-order valence-electron chi connectivity index (χ3n) is 5.00. The van der Waals surface area contributed by atoms with Crippen molar-refractivity contribution < 1.29 is 19.0 Å². The van der Waals surface area contributed by atoms with E-state index < -0.39 is 17.3 Å². The lowest BCUT2D eigenvalue weighted by Crippen LogP contribution is -2.50. The highest BCUT2D eigenvalue weighted by molar-refractivity contribution is 5.94. The molecule has 1 aliphatic rings. The Balaban J connectivity index is 1.53. The van der Waals surface area contributed by atoms with E-state index in [1.807, 2.05) is 20.8 Å². The van der Waals surface area contributed by atoms with E-state index in [2.05, 4.69) is 20.2 Å². The van der Waals surface area contributed by atoms with Crippen LogP contribution in [0.1, 0.15) is 49.7 Å². The fourth-order valence-corrected chi connectivity index (χ4v) is 3.34. The highest BCUT2D eigenvalue weighted by Crippen LogP contribution is 2.25. The van der Waals surface area contributed by atoms with Gasteiger partial charge in [-0.05, 0) is 45.7 Å². The van der Waals surface area contributed by atoms with Gasteiger partial charge in [0, 0.05) is 38.6 Å². The Bertz CT molecular complexity index is 877. The summed E-state index contributed by atoms with van der Waals surface area (Å²) in [5.41, 5.74) is -0.660. The van der Waals surface area contributed by atoms with Crippen LogP contribution in [0, 0.1) is 5.82 Å². The summed E-state index contributed by atoms with van der Waals surface area (Å²) in [6.07, 6.45) is 4.22. The van der Waals surface area contributed by atoms with Crippen molar-refractivity contribution >= 4 is 5.91 Å². The summed E-state index contributed by atoms with van der Waals surface area (Å²) in [5, 5.41) is 13.5. The van der Waals surface area contributed by atoms with Gasteiger partial charge in [-0.25, -0.2) is 9.37 Å². The highest BCUT2D eigenvalue weighted by atomic mass is 19.1. The number of likely N-dealkylation sites (tertiary alicyclic amines) is 1. The molecule has 2 N–H and O–H groups in total. The van der Waals surface area contributed by atoms with E-state index in [9.17, 15) is 14.3 Å². The molecular weight excluding hydrogens is 387 g/mol. The van der Waals surface area contributed by atoms with Gasteiger partial charge in [0.1, 0.15) is 17.1 Å². The standard InChI is InChI=1S/C22H29FN4O3/c1-21(2,3)30-20-18(24-10-11-25-20)14-27-12-8-22(29,9-13-27)15-26-19(28)16-6-4-5-7-17(16)23/h4-7,10-11,29H,8-9,12-15H2,1-3H3,(H,26,28). The van der Waals surface area contributed by atoms with Crippen molar-refractivity contribution in [2.75, 3.05) is 19.6 Å². The van der Waals surface area contributed by atoms with Crippen molar-refractivity contribution in [2.24, 2.45) is 0 Å². The lowest BCUT2D eigenvalue weighted by Gasteiger charge is -2.38. The number of nitrogens with one attached hydrogen (secondary N) is 1. The first-order valence-electron chi connectivity index (χ1n) is 10.1. The van der Waals surface area contributed by atoms with Gasteiger partial charge in [-0.3, -0.25) is 14.7 Å². The van der Waals surface area contributed by atoms with Crippen LogP contribution in [0.4, 0.5) is 4.39 Å². The Morgan fingerprint density at radius 1 is 1.23 bits per heavy atom. The van der Waals surface area contributed by atoms with Gasteiger partial charge in [-0.2, -0.15) is 0 Å². The molecule has 0 radical (unpaired) electrons. The van der Waals surface area contributed by atoms with Crippen LogP contribution in [-0.4, -0.2) is 56.7 Å². The number of hydrogen-bond acceptors (Lipinski definition) is 6. The number of amides is 1. The van der Waals surface area contributed by atoms with Crippen molar-refractivity contribution in [3.63, 3.8) is 0 Å². The zero-order valence-corrected chi connectivity index (χ0v) is 17.7. The summed E-state index contributed by atoms with van der Waals surface area (Å²) in [6.45, 7) is 7.80. The van der Waals surface area contributed by atoms with Gasteiger partial charge in [-0.15, -0.1) is 0 Å². The van der Waals surface area contributed by atoms with Crippen molar-refractivity contribution in [1.82, 2.24) is 20.2 Å². The number of rotatable bonds is 6. The summed E-state index contributed by atoms with van der Waals surface area (Å²) >= 11 is 0. The number of halogens is 1. The van der Waals surface area contributed by atoms with Gasteiger partial charge in [0.05, 0.1) is 11.2 Å². The number of benzene rings is 1. The molecule has 1 aliphatic heterocycles. The molecule has 30 heavy (non-hydrogen) atoms. The molecule has 0 saturated carbocycles. The minimum atomic E-state index is -1.02. The van der Waals surface area contributed by atoms with E-state index in [-0.39, 0.29) is 17.7 Å². The molecule has 0 bridgehead atoms. The van der Waals surface area contributed by atoms with Crippen LogP contribution >= 0.6 is 0 Å². The van der Waals surface area contributed by atoms with E-state index in [0.29, 0.717) is 38.4 Å². The molecule has 7 nitrogen and oxygen atoms in total. The number of hydrogen-bond donors (Lipinski definition) is 2. The molecule has 1 aromatic heterocycles. The molecule has 2 heterocycles.